The van der Waals surface area contributed by atoms with Crippen LogP contribution in [0.5, 0.6) is 0 Å². The van der Waals surface area contributed by atoms with Crippen molar-refractivity contribution < 1.29 is 9.53 Å². The number of benzene rings is 2. The Morgan fingerprint density at radius 3 is 2.43 bits per heavy atom. The van der Waals surface area contributed by atoms with Crippen molar-refractivity contribution in [3.63, 3.8) is 0 Å². The zero-order valence-corrected chi connectivity index (χ0v) is 13.9. The normalized spacial score (nSPS) is 10.2. The Bertz CT molecular complexity index is 670. The van der Waals surface area contributed by atoms with Gasteiger partial charge in [0.05, 0.1) is 20.1 Å². The summed E-state index contributed by atoms with van der Waals surface area (Å²) in [4.78, 5) is 13.5. The van der Waals surface area contributed by atoms with Crippen LogP contribution >= 0.6 is 11.6 Å². The Morgan fingerprint density at radius 2 is 1.78 bits per heavy atom. The monoisotopic (exact) mass is 329 g/mol. The minimum Gasteiger partial charge on any atom is -0.469 e. The average molecular weight is 330 g/mol. The topological polar surface area (TPSA) is 29.5 Å². The number of carbonyl (C=O) groups excluding carboxylic acids is 1. The van der Waals surface area contributed by atoms with Gasteiger partial charge in [-0.2, -0.15) is 0 Å². The minimum atomic E-state index is -0.243. The van der Waals surface area contributed by atoms with Crippen molar-refractivity contribution in [2.24, 2.45) is 0 Å². The van der Waals surface area contributed by atoms with E-state index in [1.54, 1.807) is 0 Å². The Hall–Kier alpha value is -2.26. The molecule has 2 aromatic rings. The van der Waals surface area contributed by atoms with Crippen LogP contribution < -0.4 is 4.90 Å². The number of nitrogens with zero attached hydrogens (tertiary/aromatic N) is 1. The zero-order valence-electron chi connectivity index (χ0n) is 13.2. The molecule has 0 atom stereocenters. The number of rotatable bonds is 7. The maximum atomic E-state index is 11.5. The lowest BCUT2D eigenvalue weighted by Crippen LogP contribution is -2.28. The summed E-state index contributed by atoms with van der Waals surface area (Å²) in [5.74, 6) is -0.243. The predicted molar refractivity (Wildman–Crippen MR) is 95.7 cm³/mol. The minimum absolute atomic E-state index is 0.243. The molecular formula is C19H20ClNO2. The van der Waals surface area contributed by atoms with E-state index in [1.807, 2.05) is 36.4 Å². The van der Waals surface area contributed by atoms with Crippen molar-refractivity contribution in [3.05, 3.63) is 66.2 Å². The Morgan fingerprint density at radius 1 is 1.13 bits per heavy atom. The van der Waals surface area contributed by atoms with Gasteiger partial charge in [0.2, 0.25) is 0 Å². The van der Waals surface area contributed by atoms with Crippen molar-refractivity contribution in [1.82, 2.24) is 0 Å². The van der Waals surface area contributed by atoms with Gasteiger partial charge in [-0.25, -0.2) is 0 Å². The highest BCUT2D eigenvalue weighted by molar-refractivity contribution is 6.29. The van der Waals surface area contributed by atoms with Crippen LogP contribution in [0.25, 0.3) is 11.1 Å². The number of halogens is 1. The number of hydrogen-bond donors (Lipinski definition) is 0. The number of para-hydroxylation sites is 1. The van der Waals surface area contributed by atoms with E-state index in [1.165, 1.54) is 7.11 Å². The molecule has 0 aliphatic carbocycles. The second-order valence-electron chi connectivity index (χ2n) is 5.15. The molecule has 0 amide bonds. The molecule has 0 radical (unpaired) electrons. The molecule has 0 aliphatic heterocycles. The SMILES string of the molecule is C=C(Cl)CN(CCC(=O)OC)c1ccccc1-c1ccccc1. The van der Waals surface area contributed by atoms with E-state index in [2.05, 4.69) is 29.7 Å². The van der Waals surface area contributed by atoms with Gasteiger partial charge in [-0.15, -0.1) is 0 Å². The molecule has 0 N–H and O–H groups in total. The molecule has 2 rings (SSSR count). The second kappa shape index (κ2) is 8.39. The van der Waals surface area contributed by atoms with Crippen molar-refractivity contribution in [2.75, 3.05) is 25.1 Å². The van der Waals surface area contributed by atoms with Gasteiger partial charge >= 0.3 is 5.97 Å². The van der Waals surface area contributed by atoms with Gasteiger partial charge in [-0.05, 0) is 11.6 Å². The zero-order chi connectivity index (χ0) is 16.7. The van der Waals surface area contributed by atoms with Crippen LogP contribution in [-0.2, 0) is 9.53 Å². The molecule has 0 saturated heterocycles. The number of hydrogen-bond acceptors (Lipinski definition) is 3. The van der Waals surface area contributed by atoms with Crippen LogP contribution in [0, 0.1) is 0 Å². The molecule has 0 fully saturated rings. The van der Waals surface area contributed by atoms with Crippen molar-refractivity contribution in [3.8, 4) is 11.1 Å². The molecule has 2 aromatic carbocycles. The summed E-state index contributed by atoms with van der Waals surface area (Å²) in [5.41, 5.74) is 3.23. The molecule has 0 aliphatic rings. The molecule has 0 bridgehead atoms. The van der Waals surface area contributed by atoms with Gasteiger partial charge in [-0.1, -0.05) is 66.7 Å². The maximum absolute atomic E-state index is 11.5. The molecule has 120 valence electrons. The molecule has 3 nitrogen and oxygen atoms in total. The smallest absolute Gasteiger partial charge is 0.307 e. The first kappa shape index (κ1) is 17.1. The second-order valence-corrected chi connectivity index (χ2v) is 5.68. The van der Waals surface area contributed by atoms with Crippen LogP contribution in [0.3, 0.4) is 0 Å². The lowest BCUT2D eigenvalue weighted by Gasteiger charge is -2.26. The number of esters is 1. The fraction of sp³-hybridized carbons (Fsp3) is 0.211. The highest BCUT2D eigenvalue weighted by atomic mass is 35.5. The van der Waals surface area contributed by atoms with E-state index in [0.29, 0.717) is 24.5 Å². The molecule has 23 heavy (non-hydrogen) atoms. The third kappa shape index (κ3) is 4.86. The summed E-state index contributed by atoms with van der Waals surface area (Å²) in [5, 5.41) is 0.526. The average Bonchev–Trinajstić information content (AvgIpc) is 2.58. The summed E-state index contributed by atoms with van der Waals surface area (Å²) >= 11 is 6.02. The van der Waals surface area contributed by atoms with Gasteiger partial charge in [0, 0.05) is 22.8 Å². The highest BCUT2D eigenvalue weighted by Crippen LogP contribution is 2.31. The van der Waals surface area contributed by atoms with E-state index >= 15 is 0 Å². The summed E-state index contributed by atoms with van der Waals surface area (Å²) in [7, 11) is 1.39. The van der Waals surface area contributed by atoms with E-state index in [0.717, 1.165) is 16.8 Å². The Kier molecular flexibility index (Phi) is 6.24. The molecule has 0 spiro atoms. The molecule has 0 unspecified atom stereocenters. The number of anilines is 1. The summed E-state index contributed by atoms with van der Waals surface area (Å²) in [6.07, 6.45) is 0.295. The third-order valence-electron chi connectivity index (χ3n) is 3.51. The fourth-order valence-corrected chi connectivity index (χ4v) is 2.58. The van der Waals surface area contributed by atoms with Crippen LogP contribution in [0.1, 0.15) is 6.42 Å². The number of ether oxygens (including phenoxy) is 1. The largest absolute Gasteiger partial charge is 0.469 e. The lowest BCUT2D eigenvalue weighted by molar-refractivity contribution is -0.140. The first-order chi connectivity index (χ1) is 11.1. The molecular weight excluding hydrogens is 310 g/mol. The Balaban J connectivity index is 2.34. The first-order valence-corrected chi connectivity index (χ1v) is 7.79. The quantitative estimate of drug-likeness (QED) is 0.702. The summed E-state index contributed by atoms with van der Waals surface area (Å²) < 4.78 is 4.74. The van der Waals surface area contributed by atoms with Gasteiger partial charge in [-0.3, -0.25) is 4.79 Å². The first-order valence-electron chi connectivity index (χ1n) is 7.41. The van der Waals surface area contributed by atoms with E-state index < -0.39 is 0 Å². The van der Waals surface area contributed by atoms with Crippen molar-refractivity contribution in [1.29, 1.82) is 0 Å². The molecule has 0 saturated carbocycles. The predicted octanol–water partition coefficient (Wildman–Crippen LogP) is 4.48. The highest BCUT2D eigenvalue weighted by Gasteiger charge is 2.14. The summed E-state index contributed by atoms with van der Waals surface area (Å²) in [6, 6.07) is 18.2. The lowest BCUT2D eigenvalue weighted by atomic mass is 10.0. The number of carbonyl (C=O) groups is 1. The fourth-order valence-electron chi connectivity index (χ4n) is 2.43. The van der Waals surface area contributed by atoms with Crippen molar-refractivity contribution in [2.45, 2.75) is 6.42 Å². The third-order valence-corrected chi connectivity index (χ3v) is 3.62. The van der Waals surface area contributed by atoms with Crippen LogP contribution in [0.4, 0.5) is 5.69 Å². The van der Waals surface area contributed by atoms with Gasteiger partial charge in [0.15, 0.2) is 0 Å². The molecule has 0 heterocycles. The standard InChI is InChI=1S/C19H20ClNO2/c1-15(20)14-21(13-12-19(22)23-2)18-11-7-6-10-17(18)16-8-4-3-5-9-16/h3-11H,1,12-14H2,2H3. The molecule has 0 aromatic heterocycles. The number of methoxy groups -OCH3 is 1. The Labute approximate surface area is 142 Å². The van der Waals surface area contributed by atoms with E-state index in [4.69, 9.17) is 16.3 Å². The van der Waals surface area contributed by atoms with Gasteiger partial charge < -0.3 is 9.64 Å². The molecule has 4 heteroatoms. The van der Waals surface area contributed by atoms with E-state index in [-0.39, 0.29) is 5.97 Å². The van der Waals surface area contributed by atoms with Crippen LogP contribution in [-0.4, -0.2) is 26.2 Å². The van der Waals surface area contributed by atoms with Gasteiger partial charge in [0.25, 0.3) is 0 Å². The van der Waals surface area contributed by atoms with E-state index in [9.17, 15) is 4.79 Å². The van der Waals surface area contributed by atoms with Crippen LogP contribution in [0.15, 0.2) is 66.2 Å². The van der Waals surface area contributed by atoms with Crippen molar-refractivity contribution >= 4 is 23.3 Å². The maximum Gasteiger partial charge on any atom is 0.307 e. The van der Waals surface area contributed by atoms with Crippen LogP contribution in [0.2, 0.25) is 0 Å². The van der Waals surface area contributed by atoms with Gasteiger partial charge in [0.1, 0.15) is 0 Å². The summed E-state index contributed by atoms with van der Waals surface area (Å²) in [6.45, 7) is 4.77.